The Kier molecular flexibility index (Phi) is 2.65. The summed E-state index contributed by atoms with van der Waals surface area (Å²) in [5, 5.41) is 0. The van der Waals surface area contributed by atoms with Crippen LogP contribution in [0.1, 0.15) is 5.56 Å². The van der Waals surface area contributed by atoms with Gasteiger partial charge in [-0.25, -0.2) is 0 Å². The smallest absolute Gasteiger partial charge is 0.136 e. The number of hydrogen-bond donors (Lipinski definition) is 0. The minimum absolute atomic E-state index is 0.102. The molecule has 2 nitrogen and oxygen atoms in total. The summed E-state index contributed by atoms with van der Waals surface area (Å²) in [4.78, 5) is 0. The maximum Gasteiger partial charge on any atom is 0.136 e. The molecule has 1 heterocycles. The largest absolute Gasteiger partial charge is 0.467 e. The first-order valence-electron chi connectivity index (χ1n) is 4.54. The molecule has 14 heavy (non-hydrogen) atoms. The van der Waals surface area contributed by atoms with E-state index in [4.69, 9.17) is 9.47 Å². The van der Waals surface area contributed by atoms with Gasteiger partial charge in [-0.15, -0.1) is 0 Å². The molecule has 0 saturated carbocycles. The van der Waals surface area contributed by atoms with Gasteiger partial charge in [0.15, 0.2) is 0 Å². The molecule has 0 aromatic heterocycles. The third-order valence-corrected chi connectivity index (χ3v) is 2.06. The van der Waals surface area contributed by atoms with Crippen LogP contribution in [0, 0.1) is 0 Å². The van der Waals surface area contributed by atoms with Crippen LogP contribution in [-0.2, 0) is 16.1 Å². The van der Waals surface area contributed by atoms with Crippen molar-refractivity contribution in [3.8, 4) is 0 Å². The van der Waals surface area contributed by atoms with Crippen molar-refractivity contribution >= 4 is 0 Å². The topological polar surface area (TPSA) is 18.5 Å². The third kappa shape index (κ3) is 2.03. The van der Waals surface area contributed by atoms with E-state index in [2.05, 4.69) is 6.58 Å². The van der Waals surface area contributed by atoms with Crippen molar-refractivity contribution in [1.82, 2.24) is 0 Å². The first-order chi connectivity index (χ1) is 6.86. The van der Waals surface area contributed by atoms with E-state index in [0.717, 1.165) is 5.56 Å². The predicted octanol–water partition coefficient (Wildman–Crippen LogP) is 2.63. The summed E-state index contributed by atoms with van der Waals surface area (Å²) in [6, 6.07) is 10.0. The number of rotatable bonds is 3. The fourth-order valence-corrected chi connectivity index (χ4v) is 1.28. The molecule has 2 rings (SSSR count). The lowest BCUT2D eigenvalue weighted by Crippen LogP contribution is -2.08. The SMILES string of the molecule is C=C1OC=CC1OCc1ccccc1. The number of hydrogen-bond acceptors (Lipinski definition) is 2. The Bertz CT molecular complexity index is 341. The van der Waals surface area contributed by atoms with Crippen molar-refractivity contribution in [2.75, 3.05) is 0 Å². The lowest BCUT2D eigenvalue weighted by atomic mass is 10.2. The molecule has 0 aliphatic carbocycles. The Morgan fingerprint density at radius 3 is 2.71 bits per heavy atom. The van der Waals surface area contributed by atoms with Crippen LogP contribution in [0.25, 0.3) is 0 Å². The van der Waals surface area contributed by atoms with E-state index in [-0.39, 0.29) is 6.10 Å². The van der Waals surface area contributed by atoms with E-state index in [9.17, 15) is 0 Å². The van der Waals surface area contributed by atoms with Gasteiger partial charge in [-0.05, 0) is 11.6 Å². The fraction of sp³-hybridized carbons (Fsp3) is 0.167. The molecule has 1 aliphatic rings. The first kappa shape index (κ1) is 9.03. The highest BCUT2D eigenvalue weighted by molar-refractivity contribution is 5.15. The molecule has 0 spiro atoms. The lowest BCUT2D eigenvalue weighted by Gasteiger charge is -2.09. The van der Waals surface area contributed by atoms with Crippen LogP contribution in [0.4, 0.5) is 0 Å². The van der Waals surface area contributed by atoms with Gasteiger partial charge in [0.25, 0.3) is 0 Å². The van der Waals surface area contributed by atoms with Crippen LogP contribution in [0.3, 0.4) is 0 Å². The van der Waals surface area contributed by atoms with Gasteiger partial charge < -0.3 is 9.47 Å². The fourth-order valence-electron chi connectivity index (χ4n) is 1.28. The van der Waals surface area contributed by atoms with E-state index in [0.29, 0.717) is 12.4 Å². The Hall–Kier alpha value is -1.54. The molecule has 0 saturated heterocycles. The lowest BCUT2D eigenvalue weighted by molar-refractivity contribution is 0.0779. The zero-order valence-corrected chi connectivity index (χ0v) is 7.85. The van der Waals surface area contributed by atoms with E-state index in [1.165, 1.54) is 0 Å². The van der Waals surface area contributed by atoms with Gasteiger partial charge in [-0.1, -0.05) is 36.9 Å². The maximum absolute atomic E-state index is 5.59. The highest BCUT2D eigenvalue weighted by atomic mass is 16.5. The summed E-state index contributed by atoms with van der Waals surface area (Å²) in [5.41, 5.74) is 1.15. The van der Waals surface area contributed by atoms with Crippen LogP contribution in [0.5, 0.6) is 0 Å². The molecule has 0 N–H and O–H groups in total. The second kappa shape index (κ2) is 4.11. The summed E-state index contributed by atoms with van der Waals surface area (Å²) >= 11 is 0. The molecule has 72 valence electrons. The molecule has 0 fully saturated rings. The van der Waals surface area contributed by atoms with Crippen LogP contribution in [0.15, 0.2) is 55.0 Å². The standard InChI is InChI=1S/C12H12O2/c1-10-12(7-8-13-10)14-9-11-5-3-2-4-6-11/h2-8,12H,1,9H2. The zero-order chi connectivity index (χ0) is 9.80. The number of ether oxygens (including phenoxy) is 2. The normalized spacial score (nSPS) is 19.7. The van der Waals surface area contributed by atoms with Crippen LogP contribution in [0.2, 0.25) is 0 Å². The molecule has 1 unspecified atom stereocenters. The predicted molar refractivity (Wildman–Crippen MR) is 54.4 cm³/mol. The monoisotopic (exact) mass is 188 g/mol. The Morgan fingerprint density at radius 2 is 2.07 bits per heavy atom. The first-order valence-corrected chi connectivity index (χ1v) is 4.54. The van der Waals surface area contributed by atoms with E-state index < -0.39 is 0 Å². The van der Waals surface area contributed by atoms with Gasteiger partial charge >= 0.3 is 0 Å². The van der Waals surface area contributed by atoms with Crippen LogP contribution < -0.4 is 0 Å². The van der Waals surface area contributed by atoms with Gasteiger partial charge in [0, 0.05) is 0 Å². The molecule has 2 heteroatoms. The Labute approximate surface area is 83.5 Å². The molecular formula is C12H12O2. The molecule has 0 radical (unpaired) electrons. The van der Waals surface area contributed by atoms with Crippen molar-refractivity contribution in [3.05, 3.63) is 60.6 Å². The van der Waals surface area contributed by atoms with Gasteiger partial charge in [0.1, 0.15) is 11.9 Å². The van der Waals surface area contributed by atoms with Crippen molar-refractivity contribution in [2.24, 2.45) is 0 Å². The second-order valence-corrected chi connectivity index (χ2v) is 3.13. The number of benzene rings is 1. The summed E-state index contributed by atoms with van der Waals surface area (Å²) < 4.78 is 10.6. The molecule has 1 aromatic carbocycles. The third-order valence-electron chi connectivity index (χ3n) is 2.06. The summed E-state index contributed by atoms with van der Waals surface area (Å²) in [5.74, 6) is 0.654. The van der Waals surface area contributed by atoms with E-state index in [1.54, 1.807) is 6.26 Å². The van der Waals surface area contributed by atoms with Crippen molar-refractivity contribution in [3.63, 3.8) is 0 Å². The quantitative estimate of drug-likeness (QED) is 0.726. The van der Waals surface area contributed by atoms with E-state index in [1.807, 2.05) is 36.4 Å². The van der Waals surface area contributed by atoms with Gasteiger partial charge in [0.2, 0.25) is 0 Å². The van der Waals surface area contributed by atoms with Crippen molar-refractivity contribution in [1.29, 1.82) is 0 Å². The minimum atomic E-state index is -0.102. The van der Waals surface area contributed by atoms with Gasteiger partial charge in [-0.2, -0.15) is 0 Å². The molecule has 1 aromatic rings. The molecule has 0 amide bonds. The molecular weight excluding hydrogens is 176 g/mol. The summed E-state index contributed by atoms with van der Waals surface area (Å²) in [7, 11) is 0. The Morgan fingerprint density at radius 1 is 1.29 bits per heavy atom. The highest BCUT2D eigenvalue weighted by Gasteiger charge is 2.15. The zero-order valence-electron chi connectivity index (χ0n) is 7.85. The van der Waals surface area contributed by atoms with Crippen molar-refractivity contribution in [2.45, 2.75) is 12.7 Å². The van der Waals surface area contributed by atoms with E-state index >= 15 is 0 Å². The maximum atomic E-state index is 5.59. The van der Waals surface area contributed by atoms with Gasteiger partial charge in [-0.3, -0.25) is 0 Å². The average Bonchev–Trinajstić information content (AvgIpc) is 2.63. The molecule has 0 bridgehead atoms. The Balaban J connectivity index is 1.89. The van der Waals surface area contributed by atoms with Crippen LogP contribution >= 0.6 is 0 Å². The van der Waals surface area contributed by atoms with Gasteiger partial charge in [0.05, 0.1) is 12.9 Å². The summed E-state index contributed by atoms with van der Waals surface area (Å²) in [6.45, 7) is 4.32. The minimum Gasteiger partial charge on any atom is -0.467 e. The van der Waals surface area contributed by atoms with Crippen LogP contribution in [-0.4, -0.2) is 6.10 Å². The molecule has 1 atom stereocenters. The molecule has 1 aliphatic heterocycles. The summed E-state index contributed by atoms with van der Waals surface area (Å²) in [6.07, 6.45) is 3.36. The highest BCUT2D eigenvalue weighted by Crippen LogP contribution is 2.17. The average molecular weight is 188 g/mol. The van der Waals surface area contributed by atoms with Crippen molar-refractivity contribution < 1.29 is 9.47 Å². The second-order valence-electron chi connectivity index (χ2n) is 3.13.